The lowest BCUT2D eigenvalue weighted by Gasteiger charge is -2.27. The SMILES string of the molecule is CC(C)[C@H]1CCC(=O)N1c1ccnc(N[C@@H](C)c2ccc(-c3ccnc(C(F)(F)F)c3)cn2)n1. The molecule has 3 aromatic rings. The van der Waals surface area contributed by atoms with Crippen molar-refractivity contribution in [3.8, 4) is 11.1 Å². The molecule has 0 radical (unpaired) electrons. The quantitative estimate of drug-likeness (QED) is 0.528. The number of anilines is 2. The van der Waals surface area contributed by atoms with Crippen LogP contribution in [0.3, 0.4) is 0 Å². The minimum atomic E-state index is -4.51. The molecule has 0 unspecified atom stereocenters. The second-order valence-electron chi connectivity index (χ2n) is 8.62. The molecule has 1 amide bonds. The first-order valence-electron chi connectivity index (χ1n) is 11.0. The van der Waals surface area contributed by atoms with Crippen LogP contribution in [-0.2, 0) is 11.0 Å². The van der Waals surface area contributed by atoms with Gasteiger partial charge in [-0.2, -0.15) is 18.2 Å². The minimum Gasteiger partial charge on any atom is -0.346 e. The summed E-state index contributed by atoms with van der Waals surface area (Å²) < 4.78 is 38.9. The van der Waals surface area contributed by atoms with Crippen molar-refractivity contribution in [3.63, 3.8) is 0 Å². The van der Waals surface area contributed by atoms with E-state index in [-0.39, 0.29) is 18.0 Å². The summed E-state index contributed by atoms with van der Waals surface area (Å²) in [6, 6.07) is 7.52. The molecule has 1 aliphatic heterocycles. The standard InChI is InChI=1S/C24H25F3N6O/c1-14(2)19-6-7-22(34)33(19)21-9-11-29-23(32-21)31-15(3)18-5-4-17(13-30-18)16-8-10-28-20(12-16)24(25,26)27/h4-5,8-15,19H,6-7H2,1-3H3,(H,29,31,32)/t15-,19+/m0/s1. The molecule has 1 N–H and O–H groups in total. The van der Waals surface area contributed by atoms with Gasteiger partial charge in [-0.15, -0.1) is 0 Å². The molecule has 3 aromatic heterocycles. The Morgan fingerprint density at radius 3 is 2.47 bits per heavy atom. The zero-order valence-electron chi connectivity index (χ0n) is 19.0. The van der Waals surface area contributed by atoms with Crippen LogP contribution in [0.5, 0.6) is 0 Å². The highest BCUT2D eigenvalue weighted by molar-refractivity contribution is 5.95. The van der Waals surface area contributed by atoms with Crippen LogP contribution in [0.1, 0.15) is 51.0 Å². The maximum Gasteiger partial charge on any atom is 0.433 e. The molecular weight excluding hydrogens is 445 g/mol. The molecule has 1 aliphatic rings. The Kier molecular flexibility index (Phi) is 6.49. The molecule has 10 heteroatoms. The van der Waals surface area contributed by atoms with Crippen LogP contribution in [0.25, 0.3) is 11.1 Å². The van der Waals surface area contributed by atoms with Gasteiger partial charge in [0.25, 0.3) is 0 Å². The van der Waals surface area contributed by atoms with Gasteiger partial charge in [-0.1, -0.05) is 19.9 Å². The number of alkyl halides is 3. The van der Waals surface area contributed by atoms with Gasteiger partial charge in [0.05, 0.1) is 11.7 Å². The summed E-state index contributed by atoms with van der Waals surface area (Å²) in [5.41, 5.74) is 0.653. The molecule has 1 saturated heterocycles. The number of pyridine rings is 2. The topological polar surface area (TPSA) is 83.9 Å². The van der Waals surface area contributed by atoms with Gasteiger partial charge in [-0.25, -0.2) is 4.98 Å². The molecule has 4 rings (SSSR count). The smallest absolute Gasteiger partial charge is 0.346 e. The predicted octanol–water partition coefficient (Wildman–Crippen LogP) is 5.28. The molecule has 178 valence electrons. The fourth-order valence-electron chi connectivity index (χ4n) is 4.05. The van der Waals surface area contributed by atoms with E-state index in [9.17, 15) is 18.0 Å². The first kappa shape index (κ1) is 23.6. The summed E-state index contributed by atoms with van der Waals surface area (Å²) in [5.74, 6) is 1.29. The average Bonchev–Trinajstić information content (AvgIpc) is 3.20. The van der Waals surface area contributed by atoms with E-state index in [0.717, 1.165) is 18.7 Å². The summed E-state index contributed by atoms with van der Waals surface area (Å²) in [5, 5.41) is 3.19. The number of aromatic nitrogens is 4. The van der Waals surface area contributed by atoms with E-state index in [2.05, 4.69) is 39.1 Å². The zero-order chi connectivity index (χ0) is 24.5. The van der Waals surface area contributed by atoms with E-state index in [1.807, 2.05) is 6.92 Å². The monoisotopic (exact) mass is 470 g/mol. The van der Waals surface area contributed by atoms with E-state index in [0.29, 0.717) is 40.9 Å². The molecule has 0 aromatic carbocycles. The maximum atomic E-state index is 13.0. The number of rotatable bonds is 6. The van der Waals surface area contributed by atoms with Crippen molar-refractivity contribution in [2.45, 2.75) is 51.9 Å². The zero-order valence-corrected chi connectivity index (χ0v) is 19.0. The third-order valence-corrected chi connectivity index (χ3v) is 5.87. The molecule has 0 aliphatic carbocycles. The van der Waals surface area contributed by atoms with Crippen molar-refractivity contribution in [1.29, 1.82) is 0 Å². The van der Waals surface area contributed by atoms with Crippen LogP contribution in [0.15, 0.2) is 48.9 Å². The maximum absolute atomic E-state index is 13.0. The third kappa shape index (κ3) is 5.00. The Morgan fingerprint density at radius 1 is 1.03 bits per heavy atom. The van der Waals surface area contributed by atoms with E-state index in [1.165, 1.54) is 12.3 Å². The van der Waals surface area contributed by atoms with Gasteiger partial charge in [-0.3, -0.25) is 19.7 Å². The van der Waals surface area contributed by atoms with Gasteiger partial charge < -0.3 is 5.32 Å². The number of hydrogen-bond acceptors (Lipinski definition) is 6. The number of carbonyl (C=O) groups is 1. The normalized spacial score (nSPS) is 17.3. The van der Waals surface area contributed by atoms with Gasteiger partial charge in [-0.05, 0) is 49.1 Å². The highest BCUT2D eigenvalue weighted by Gasteiger charge is 2.35. The van der Waals surface area contributed by atoms with Gasteiger partial charge in [0.15, 0.2) is 0 Å². The molecule has 7 nitrogen and oxygen atoms in total. The molecule has 0 bridgehead atoms. The van der Waals surface area contributed by atoms with Crippen LogP contribution >= 0.6 is 0 Å². The predicted molar refractivity (Wildman–Crippen MR) is 122 cm³/mol. The summed E-state index contributed by atoms with van der Waals surface area (Å²) in [7, 11) is 0. The Morgan fingerprint density at radius 2 is 1.79 bits per heavy atom. The second-order valence-corrected chi connectivity index (χ2v) is 8.62. The first-order valence-corrected chi connectivity index (χ1v) is 11.0. The van der Waals surface area contributed by atoms with Crippen molar-refractivity contribution in [2.24, 2.45) is 5.92 Å². The number of nitrogens with one attached hydrogen (secondary N) is 1. The van der Waals surface area contributed by atoms with E-state index < -0.39 is 11.9 Å². The van der Waals surface area contributed by atoms with Gasteiger partial charge in [0, 0.05) is 36.6 Å². The fourth-order valence-corrected chi connectivity index (χ4v) is 4.05. The number of hydrogen-bond donors (Lipinski definition) is 1. The van der Waals surface area contributed by atoms with Gasteiger partial charge in [0.2, 0.25) is 11.9 Å². The first-order chi connectivity index (χ1) is 16.1. The average molecular weight is 470 g/mol. The number of nitrogens with zero attached hydrogens (tertiary/aromatic N) is 5. The molecule has 34 heavy (non-hydrogen) atoms. The van der Waals surface area contributed by atoms with E-state index in [4.69, 9.17) is 0 Å². The molecule has 0 saturated carbocycles. The number of halogens is 3. The van der Waals surface area contributed by atoms with Crippen LogP contribution in [0.2, 0.25) is 0 Å². The van der Waals surface area contributed by atoms with Crippen LogP contribution < -0.4 is 10.2 Å². The highest BCUT2D eigenvalue weighted by atomic mass is 19.4. The highest BCUT2D eigenvalue weighted by Crippen LogP contribution is 2.31. The molecule has 4 heterocycles. The lowest BCUT2D eigenvalue weighted by molar-refractivity contribution is -0.141. The lowest BCUT2D eigenvalue weighted by atomic mass is 10.0. The van der Waals surface area contributed by atoms with E-state index >= 15 is 0 Å². The van der Waals surface area contributed by atoms with Crippen LogP contribution in [-0.4, -0.2) is 31.9 Å². The molecule has 1 fully saturated rings. The van der Waals surface area contributed by atoms with E-state index in [1.54, 1.807) is 29.3 Å². The van der Waals surface area contributed by atoms with Gasteiger partial charge in [0.1, 0.15) is 11.5 Å². The van der Waals surface area contributed by atoms with Crippen LogP contribution in [0, 0.1) is 5.92 Å². The van der Waals surface area contributed by atoms with Crippen molar-refractivity contribution >= 4 is 17.7 Å². The summed E-state index contributed by atoms with van der Waals surface area (Å²) in [6.07, 6.45) is 1.07. The fraction of sp³-hybridized carbons (Fsp3) is 0.375. The Balaban J connectivity index is 1.49. The molecule has 2 atom stereocenters. The Labute approximate surface area is 195 Å². The van der Waals surface area contributed by atoms with Crippen molar-refractivity contribution in [3.05, 3.63) is 60.3 Å². The number of amides is 1. The molecule has 0 spiro atoms. The summed E-state index contributed by atoms with van der Waals surface area (Å²) in [4.78, 5) is 30.8. The third-order valence-electron chi connectivity index (χ3n) is 5.87. The summed E-state index contributed by atoms with van der Waals surface area (Å²) in [6.45, 7) is 6.05. The van der Waals surface area contributed by atoms with Crippen molar-refractivity contribution in [2.75, 3.05) is 10.2 Å². The molecular formula is C24H25F3N6O. The Bertz CT molecular complexity index is 1170. The Hall–Kier alpha value is -3.56. The lowest BCUT2D eigenvalue weighted by Crippen LogP contribution is -2.37. The van der Waals surface area contributed by atoms with Crippen molar-refractivity contribution in [1.82, 2.24) is 19.9 Å². The minimum absolute atomic E-state index is 0.0541. The largest absolute Gasteiger partial charge is 0.433 e. The number of carbonyl (C=O) groups excluding carboxylic acids is 1. The second kappa shape index (κ2) is 9.36. The summed E-state index contributed by atoms with van der Waals surface area (Å²) >= 11 is 0. The van der Waals surface area contributed by atoms with Crippen LogP contribution in [0.4, 0.5) is 24.9 Å². The van der Waals surface area contributed by atoms with Gasteiger partial charge >= 0.3 is 6.18 Å². The van der Waals surface area contributed by atoms with Crippen molar-refractivity contribution < 1.29 is 18.0 Å².